The van der Waals surface area contributed by atoms with Gasteiger partial charge in [-0.3, -0.25) is 9.96 Å². The van der Waals surface area contributed by atoms with Crippen LogP contribution < -0.4 is 9.96 Å². The maximum Gasteiger partial charge on any atom is 0.516 e. The summed E-state index contributed by atoms with van der Waals surface area (Å²) in [7, 11) is 1.14. The molecule has 0 aromatic heterocycles. The smallest absolute Gasteiger partial charge is 0.374 e. The van der Waals surface area contributed by atoms with Gasteiger partial charge in [-0.2, -0.15) is 0 Å². The quantitative estimate of drug-likeness (QED) is 0.737. The van der Waals surface area contributed by atoms with Crippen LogP contribution in [0.2, 0.25) is 0 Å². The molecule has 0 amide bonds. The molecule has 2 fully saturated rings. The van der Waals surface area contributed by atoms with Crippen LogP contribution in [0.5, 0.6) is 0 Å². The molecule has 0 aromatic carbocycles. The van der Waals surface area contributed by atoms with Crippen molar-refractivity contribution in [3.05, 3.63) is 0 Å². The third-order valence-corrected chi connectivity index (χ3v) is 7.30. The van der Waals surface area contributed by atoms with Gasteiger partial charge in [0.15, 0.2) is 0 Å². The molecule has 112 valence electrons. The van der Waals surface area contributed by atoms with Crippen LogP contribution in [0.3, 0.4) is 0 Å². The van der Waals surface area contributed by atoms with Crippen molar-refractivity contribution in [3.63, 3.8) is 0 Å². The van der Waals surface area contributed by atoms with Gasteiger partial charge >= 0.3 is 8.88 Å². The summed E-state index contributed by atoms with van der Waals surface area (Å²) < 4.78 is 11.6. The fourth-order valence-corrected chi connectivity index (χ4v) is 5.77. The first-order valence-corrected chi connectivity index (χ1v) is 9.75. The Morgan fingerprint density at radius 3 is 1.37 bits per heavy atom. The zero-order chi connectivity index (χ0) is 13.6. The van der Waals surface area contributed by atoms with E-state index >= 15 is 0 Å². The lowest BCUT2D eigenvalue weighted by atomic mass is 9.96. The molecule has 0 aromatic rings. The molecule has 0 spiro atoms. The van der Waals surface area contributed by atoms with Gasteiger partial charge in [0.2, 0.25) is 0 Å². The Hall–Kier alpha value is 0.0569. The Kier molecular flexibility index (Phi) is 6.29. The first-order valence-electron chi connectivity index (χ1n) is 7.94. The van der Waals surface area contributed by atoms with E-state index in [0.29, 0.717) is 12.1 Å². The second-order valence-corrected chi connectivity index (χ2v) is 8.61. The molecule has 4 nitrogen and oxygen atoms in total. The van der Waals surface area contributed by atoms with E-state index < -0.39 is 8.88 Å². The third kappa shape index (κ3) is 4.53. The maximum absolute atomic E-state index is 5.79. The summed E-state index contributed by atoms with van der Waals surface area (Å²) in [6, 6.07) is 1.13. The third-order valence-electron chi connectivity index (χ3n) is 4.57. The lowest BCUT2D eigenvalue weighted by Crippen LogP contribution is -2.71. The van der Waals surface area contributed by atoms with Crippen molar-refractivity contribution < 1.29 is 8.85 Å². The Bertz CT molecular complexity index is 228. The van der Waals surface area contributed by atoms with E-state index in [9.17, 15) is 0 Å². The molecular weight excluding hydrogens is 256 g/mol. The van der Waals surface area contributed by atoms with Gasteiger partial charge < -0.3 is 8.85 Å². The number of nitrogens with one attached hydrogen (secondary N) is 2. The van der Waals surface area contributed by atoms with Crippen LogP contribution in [0.15, 0.2) is 0 Å². The van der Waals surface area contributed by atoms with Crippen LogP contribution in [0.4, 0.5) is 0 Å². The summed E-state index contributed by atoms with van der Waals surface area (Å²) in [6.45, 7) is 0. The average Bonchev–Trinajstić information content (AvgIpc) is 2.48. The van der Waals surface area contributed by atoms with E-state index in [1.807, 2.05) is 0 Å². The predicted molar refractivity (Wildman–Crippen MR) is 79.8 cm³/mol. The highest BCUT2D eigenvalue weighted by molar-refractivity contribution is 6.62. The summed E-state index contributed by atoms with van der Waals surface area (Å²) in [6.07, 6.45) is 13.1. The highest BCUT2D eigenvalue weighted by Crippen LogP contribution is 2.21. The van der Waals surface area contributed by atoms with Gasteiger partial charge in [-0.15, -0.1) is 0 Å². The zero-order valence-electron chi connectivity index (χ0n) is 12.5. The van der Waals surface area contributed by atoms with Crippen molar-refractivity contribution in [3.8, 4) is 0 Å². The molecule has 5 heteroatoms. The van der Waals surface area contributed by atoms with Crippen molar-refractivity contribution in [1.29, 1.82) is 0 Å². The van der Waals surface area contributed by atoms with Gasteiger partial charge in [0.05, 0.1) is 0 Å². The van der Waals surface area contributed by atoms with E-state index in [-0.39, 0.29) is 0 Å². The van der Waals surface area contributed by atoms with E-state index in [0.717, 1.165) is 0 Å². The highest BCUT2D eigenvalue weighted by Gasteiger charge is 2.41. The monoisotopic (exact) mass is 286 g/mol. The van der Waals surface area contributed by atoms with Crippen LogP contribution in [-0.2, 0) is 8.85 Å². The van der Waals surface area contributed by atoms with Crippen LogP contribution in [0.25, 0.3) is 0 Å². The van der Waals surface area contributed by atoms with Gasteiger partial charge in [-0.1, -0.05) is 38.5 Å². The predicted octanol–water partition coefficient (Wildman–Crippen LogP) is 2.56. The minimum atomic E-state index is -2.42. The summed E-state index contributed by atoms with van der Waals surface area (Å²) in [5.41, 5.74) is 0. The number of hydrogen-bond donors (Lipinski definition) is 2. The van der Waals surface area contributed by atoms with Gasteiger partial charge in [0.25, 0.3) is 0 Å². The van der Waals surface area contributed by atoms with Crippen molar-refractivity contribution in [2.24, 2.45) is 0 Å². The van der Waals surface area contributed by atoms with E-state index in [1.54, 1.807) is 14.2 Å². The topological polar surface area (TPSA) is 42.5 Å². The molecule has 0 saturated heterocycles. The van der Waals surface area contributed by atoms with Crippen molar-refractivity contribution in [2.75, 3.05) is 14.2 Å². The molecule has 2 saturated carbocycles. The standard InChI is InChI=1S/C14H30N2O2Si/c1-17-19(18-2,15-13-9-5-3-6-10-13)16-14-11-7-4-8-12-14/h13-16H,3-12H2,1-2H3. The van der Waals surface area contributed by atoms with Gasteiger partial charge in [-0.05, 0) is 25.7 Å². The second-order valence-electron chi connectivity index (χ2n) is 5.98. The summed E-state index contributed by atoms with van der Waals surface area (Å²) >= 11 is 0. The number of rotatable bonds is 6. The molecule has 0 heterocycles. The summed E-state index contributed by atoms with van der Waals surface area (Å²) in [5.74, 6) is 0. The Balaban J connectivity index is 1.90. The lowest BCUT2D eigenvalue weighted by molar-refractivity contribution is 0.188. The van der Waals surface area contributed by atoms with Crippen LogP contribution >= 0.6 is 0 Å². The van der Waals surface area contributed by atoms with Crippen molar-refractivity contribution in [2.45, 2.75) is 76.3 Å². The molecule has 2 rings (SSSR count). The molecular formula is C14H30N2O2Si. The minimum Gasteiger partial charge on any atom is -0.374 e. The second kappa shape index (κ2) is 7.74. The molecule has 19 heavy (non-hydrogen) atoms. The molecule has 0 radical (unpaired) electrons. The zero-order valence-corrected chi connectivity index (χ0v) is 13.5. The number of hydrogen-bond acceptors (Lipinski definition) is 4. The lowest BCUT2D eigenvalue weighted by Gasteiger charge is -2.37. The van der Waals surface area contributed by atoms with Gasteiger partial charge in [-0.25, -0.2) is 0 Å². The van der Waals surface area contributed by atoms with Crippen LogP contribution in [0.1, 0.15) is 64.2 Å². The van der Waals surface area contributed by atoms with Crippen LogP contribution in [0, 0.1) is 0 Å². The molecule has 2 aliphatic carbocycles. The summed E-state index contributed by atoms with van der Waals surface area (Å²) in [4.78, 5) is 7.40. The van der Waals surface area contributed by atoms with E-state index in [4.69, 9.17) is 8.85 Å². The fraction of sp³-hybridized carbons (Fsp3) is 1.00. The SMILES string of the molecule is CO[Si](NC1CCCCC1)(NC1CCCCC1)OC. The van der Waals surface area contributed by atoms with E-state index in [2.05, 4.69) is 9.96 Å². The highest BCUT2D eigenvalue weighted by atomic mass is 28.4. The van der Waals surface area contributed by atoms with Crippen molar-refractivity contribution >= 4 is 8.88 Å². The van der Waals surface area contributed by atoms with E-state index in [1.165, 1.54) is 64.2 Å². The Morgan fingerprint density at radius 1 is 0.684 bits per heavy atom. The molecule has 2 N–H and O–H groups in total. The molecule has 0 unspecified atom stereocenters. The first-order chi connectivity index (χ1) is 9.28. The van der Waals surface area contributed by atoms with Gasteiger partial charge in [0, 0.05) is 26.3 Å². The average molecular weight is 286 g/mol. The fourth-order valence-electron chi connectivity index (χ4n) is 3.39. The molecule has 2 aliphatic rings. The Morgan fingerprint density at radius 2 is 1.05 bits per heavy atom. The summed E-state index contributed by atoms with van der Waals surface area (Å²) in [5, 5.41) is 0. The molecule has 0 atom stereocenters. The molecule has 0 bridgehead atoms. The van der Waals surface area contributed by atoms with Crippen LogP contribution in [-0.4, -0.2) is 35.2 Å². The van der Waals surface area contributed by atoms with Gasteiger partial charge in [0.1, 0.15) is 0 Å². The maximum atomic E-state index is 5.79. The largest absolute Gasteiger partial charge is 0.516 e. The van der Waals surface area contributed by atoms with Crippen molar-refractivity contribution in [1.82, 2.24) is 9.96 Å². The normalized spacial score (nSPS) is 23.7. The minimum absolute atomic E-state index is 0.566. The first kappa shape index (κ1) is 15.4. The molecule has 0 aliphatic heterocycles. The Labute approximate surface area is 119 Å².